The second-order valence-electron chi connectivity index (χ2n) is 6.23. The van der Waals surface area contributed by atoms with Crippen molar-refractivity contribution in [1.29, 1.82) is 0 Å². The fourth-order valence-corrected chi connectivity index (χ4v) is 4.51. The number of ketones is 1. The standard InChI is InChI=1S/C19H16N4O4S2/c24-14(12-5-2-1-3-6-12)9-15-17(26)23(10-13-7-4-8-27-13)19(29-15)22-21-18-20-16(25)11-28-18/h1-8,15H,9-11H2,(H,20,21,25)/b22-19+/t15-/m1/s1. The Morgan fingerprint density at radius 3 is 2.69 bits per heavy atom. The Kier molecular flexibility index (Phi) is 5.81. The highest BCUT2D eigenvalue weighted by Gasteiger charge is 2.40. The van der Waals surface area contributed by atoms with Gasteiger partial charge in [0.05, 0.1) is 23.8 Å². The minimum atomic E-state index is -0.595. The number of benzene rings is 1. The minimum Gasteiger partial charge on any atom is -0.467 e. The fourth-order valence-electron chi connectivity index (χ4n) is 2.80. The molecule has 8 nitrogen and oxygen atoms in total. The largest absolute Gasteiger partial charge is 0.467 e. The molecule has 29 heavy (non-hydrogen) atoms. The molecule has 0 bridgehead atoms. The normalized spacial score (nSPS) is 21.9. The quantitative estimate of drug-likeness (QED) is 0.560. The van der Waals surface area contributed by atoms with E-state index in [4.69, 9.17) is 4.42 Å². The fraction of sp³-hybridized carbons (Fsp3) is 0.211. The lowest BCUT2D eigenvalue weighted by Gasteiger charge is -2.14. The van der Waals surface area contributed by atoms with Gasteiger partial charge in [-0.3, -0.25) is 19.3 Å². The van der Waals surface area contributed by atoms with Crippen LogP contribution in [0.5, 0.6) is 0 Å². The van der Waals surface area contributed by atoms with Crippen LogP contribution in [0.2, 0.25) is 0 Å². The molecule has 2 fully saturated rings. The molecule has 2 saturated heterocycles. The molecule has 2 aliphatic rings. The molecule has 3 heterocycles. The van der Waals surface area contributed by atoms with Crippen molar-refractivity contribution < 1.29 is 18.8 Å². The molecule has 2 aromatic rings. The molecule has 10 heteroatoms. The number of carbonyl (C=O) groups excluding carboxylic acids is 3. The maximum Gasteiger partial charge on any atom is 0.243 e. The lowest BCUT2D eigenvalue weighted by atomic mass is 10.1. The number of amidine groups is 2. The lowest BCUT2D eigenvalue weighted by Crippen LogP contribution is -2.32. The van der Waals surface area contributed by atoms with Crippen LogP contribution in [0, 0.1) is 0 Å². The van der Waals surface area contributed by atoms with Crippen molar-refractivity contribution in [2.24, 2.45) is 10.2 Å². The zero-order chi connectivity index (χ0) is 20.2. The van der Waals surface area contributed by atoms with Crippen molar-refractivity contribution in [1.82, 2.24) is 10.2 Å². The molecule has 1 atom stereocenters. The SMILES string of the molecule is O=C1CSC(=N/N=C2/S[C@H](CC(=O)c3ccccc3)C(=O)N2Cc2ccco2)N1. The van der Waals surface area contributed by atoms with Gasteiger partial charge in [-0.2, -0.15) is 0 Å². The highest BCUT2D eigenvalue weighted by molar-refractivity contribution is 8.15. The monoisotopic (exact) mass is 428 g/mol. The van der Waals surface area contributed by atoms with Gasteiger partial charge in [0, 0.05) is 12.0 Å². The number of hydrogen-bond donors (Lipinski definition) is 1. The first-order chi connectivity index (χ1) is 14.1. The summed E-state index contributed by atoms with van der Waals surface area (Å²) in [6, 6.07) is 12.4. The van der Waals surface area contributed by atoms with Gasteiger partial charge in [-0.25, -0.2) is 0 Å². The molecule has 1 aromatic heterocycles. The van der Waals surface area contributed by atoms with Gasteiger partial charge >= 0.3 is 0 Å². The van der Waals surface area contributed by atoms with E-state index in [1.165, 1.54) is 34.7 Å². The van der Waals surface area contributed by atoms with E-state index in [2.05, 4.69) is 15.5 Å². The number of Topliss-reactive ketones (excluding diaryl/α,β-unsaturated/α-hetero) is 1. The van der Waals surface area contributed by atoms with Crippen molar-refractivity contribution in [3.05, 3.63) is 60.1 Å². The van der Waals surface area contributed by atoms with Crippen LogP contribution in [0.1, 0.15) is 22.5 Å². The maximum atomic E-state index is 13.0. The van der Waals surface area contributed by atoms with Gasteiger partial charge < -0.3 is 9.73 Å². The zero-order valence-corrected chi connectivity index (χ0v) is 16.7. The van der Waals surface area contributed by atoms with Crippen molar-refractivity contribution in [2.75, 3.05) is 5.75 Å². The summed E-state index contributed by atoms with van der Waals surface area (Å²) < 4.78 is 5.35. The van der Waals surface area contributed by atoms with Crippen LogP contribution in [0.25, 0.3) is 0 Å². The Bertz CT molecular complexity index is 989. The molecule has 0 aliphatic carbocycles. The van der Waals surface area contributed by atoms with Crippen LogP contribution in [0.15, 0.2) is 63.3 Å². The Hall–Kier alpha value is -2.85. The number of thioether (sulfide) groups is 2. The first-order valence-corrected chi connectivity index (χ1v) is 10.6. The van der Waals surface area contributed by atoms with Gasteiger partial charge in [-0.15, -0.1) is 10.2 Å². The van der Waals surface area contributed by atoms with Gasteiger partial charge in [0.25, 0.3) is 0 Å². The van der Waals surface area contributed by atoms with Crippen molar-refractivity contribution in [3.8, 4) is 0 Å². The Labute approximate surface area is 174 Å². The minimum absolute atomic E-state index is 0.0588. The van der Waals surface area contributed by atoms with Crippen LogP contribution >= 0.6 is 23.5 Å². The lowest BCUT2D eigenvalue weighted by molar-refractivity contribution is -0.126. The molecular weight excluding hydrogens is 412 g/mol. The topological polar surface area (TPSA) is 104 Å². The van der Waals surface area contributed by atoms with Crippen molar-refractivity contribution >= 4 is 51.5 Å². The summed E-state index contributed by atoms with van der Waals surface area (Å²) in [6.07, 6.45) is 1.59. The van der Waals surface area contributed by atoms with Gasteiger partial charge in [0.1, 0.15) is 5.76 Å². The molecule has 4 rings (SSSR count). The average molecular weight is 428 g/mol. The smallest absolute Gasteiger partial charge is 0.243 e. The molecule has 0 unspecified atom stereocenters. The van der Waals surface area contributed by atoms with Crippen LogP contribution in [-0.2, 0) is 16.1 Å². The van der Waals surface area contributed by atoms with Gasteiger partial charge in [0.2, 0.25) is 11.8 Å². The number of furan rings is 1. The van der Waals surface area contributed by atoms with E-state index in [0.29, 0.717) is 27.4 Å². The second kappa shape index (κ2) is 8.66. The summed E-state index contributed by atoms with van der Waals surface area (Å²) in [4.78, 5) is 38.3. The van der Waals surface area contributed by atoms with E-state index < -0.39 is 5.25 Å². The molecule has 1 aromatic carbocycles. The molecule has 0 radical (unpaired) electrons. The molecule has 2 amide bonds. The van der Waals surface area contributed by atoms with E-state index in [1.54, 1.807) is 36.4 Å². The molecule has 0 saturated carbocycles. The summed E-state index contributed by atoms with van der Waals surface area (Å²) in [5.41, 5.74) is 0.564. The summed E-state index contributed by atoms with van der Waals surface area (Å²) in [7, 11) is 0. The summed E-state index contributed by atoms with van der Waals surface area (Å²) in [6.45, 7) is 0.193. The number of nitrogens with zero attached hydrogens (tertiary/aromatic N) is 3. The number of carbonyl (C=O) groups is 3. The van der Waals surface area contributed by atoms with Crippen molar-refractivity contribution in [3.63, 3.8) is 0 Å². The average Bonchev–Trinajstić information content (AvgIpc) is 3.45. The molecular formula is C19H16N4O4S2. The Morgan fingerprint density at radius 2 is 2.00 bits per heavy atom. The summed E-state index contributed by atoms with van der Waals surface area (Å²) in [5.74, 6) is 0.416. The van der Waals surface area contributed by atoms with E-state index >= 15 is 0 Å². The molecule has 1 N–H and O–H groups in total. The van der Waals surface area contributed by atoms with Gasteiger partial charge in [-0.05, 0) is 12.1 Å². The first kappa shape index (κ1) is 19.5. The third-order valence-electron chi connectivity index (χ3n) is 4.19. The van der Waals surface area contributed by atoms with E-state index in [-0.39, 0.29) is 30.6 Å². The number of nitrogens with one attached hydrogen (secondary N) is 1. The molecule has 148 valence electrons. The van der Waals surface area contributed by atoms with E-state index in [0.717, 1.165) is 0 Å². The second-order valence-corrected chi connectivity index (χ2v) is 8.36. The van der Waals surface area contributed by atoms with Crippen LogP contribution in [-0.4, -0.2) is 43.8 Å². The van der Waals surface area contributed by atoms with Crippen LogP contribution in [0.3, 0.4) is 0 Å². The van der Waals surface area contributed by atoms with E-state index in [1.807, 2.05) is 6.07 Å². The Morgan fingerprint density at radius 1 is 1.17 bits per heavy atom. The highest BCUT2D eigenvalue weighted by Crippen LogP contribution is 2.32. The summed E-state index contributed by atoms with van der Waals surface area (Å²) >= 11 is 2.44. The maximum absolute atomic E-state index is 13.0. The predicted octanol–water partition coefficient (Wildman–Crippen LogP) is 2.49. The Balaban J connectivity index is 1.54. The number of amides is 2. The van der Waals surface area contributed by atoms with Crippen LogP contribution in [0.4, 0.5) is 0 Å². The molecule has 0 spiro atoms. The van der Waals surface area contributed by atoms with E-state index in [9.17, 15) is 14.4 Å². The highest BCUT2D eigenvalue weighted by atomic mass is 32.2. The third-order valence-corrected chi connectivity index (χ3v) is 6.22. The number of rotatable bonds is 6. The number of hydrogen-bond acceptors (Lipinski definition) is 8. The predicted molar refractivity (Wildman–Crippen MR) is 111 cm³/mol. The third kappa shape index (κ3) is 4.60. The summed E-state index contributed by atoms with van der Waals surface area (Å²) in [5, 5.41) is 11.0. The van der Waals surface area contributed by atoms with Crippen LogP contribution < -0.4 is 5.32 Å². The first-order valence-electron chi connectivity index (χ1n) is 8.77. The van der Waals surface area contributed by atoms with Gasteiger partial charge in [-0.1, -0.05) is 53.9 Å². The zero-order valence-electron chi connectivity index (χ0n) is 15.1. The van der Waals surface area contributed by atoms with Crippen molar-refractivity contribution in [2.45, 2.75) is 18.2 Å². The molecule has 2 aliphatic heterocycles. The van der Waals surface area contributed by atoms with Gasteiger partial charge in [0.15, 0.2) is 16.1 Å².